The summed E-state index contributed by atoms with van der Waals surface area (Å²) in [6.45, 7) is 2.70. The SMILES string of the molecule is CCOCP=NPNP=N. The van der Waals surface area contributed by atoms with E-state index in [1.54, 1.807) is 0 Å². The minimum Gasteiger partial charge on any atom is -0.371 e. The van der Waals surface area contributed by atoms with Gasteiger partial charge in [0, 0.05) is 15.0 Å². The lowest BCUT2D eigenvalue weighted by atomic mass is 10.9. The topological polar surface area (TPSA) is 57.5 Å². The van der Waals surface area contributed by atoms with Gasteiger partial charge in [-0.1, -0.05) is 0 Å². The third kappa shape index (κ3) is 8.55. The van der Waals surface area contributed by atoms with Gasteiger partial charge in [0.2, 0.25) is 0 Å². The largest absolute Gasteiger partial charge is 0.371 e. The van der Waals surface area contributed by atoms with Crippen LogP contribution in [0, 0.1) is 5.16 Å². The van der Waals surface area contributed by atoms with Crippen molar-refractivity contribution < 1.29 is 4.74 Å². The van der Waals surface area contributed by atoms with E-state index in [1.165, 1.54) is 0 Å². The molecule has 4 nitrogen and oxygen atoms in total. The van der Waals surface area contributed by atoms with Crippen molar-refractivity contribution in [3.63, 3.8) is 0 Å². The van der Waals surface area contributed by atoms with Crippen LogP contribution in [0.3, 0.4) is 0 Å². The molecule has 0 fully saturated rings. The van der Waals surface area contributed by atoms with Crippen LogP contribution in [-0.4, -0.2) is 13.0 Å². The van der Waals surface area contributed by atoms with Crippen LogP contribution >= 0.6 is 25.8 Å². The highest BCUT2D eigenvalue weighted by Crippen LogP contribution is 2.16. The number of ether oxygens (including phenoxy) is 1. The molecule has 0 aromatic carbocycles. The first-order chi connectivity index (χ1) is 4.91. The van der Waals surface area contributed by atoms with E-state index in [2.05, 4.69) is 9.37 Å². The Bertz CT molecular complexity index is 109. The number of hydrogen-bond donors (Lipinski definition) is 2. The first-order valence-corrected chi connectivity index (χ1v) is 5.60. The quantitative estimate of drug-likeness (QED) is 0.508. The number of nitrogens with zero attached hydrogens (tertiary/aromatic N) is 1. The Kier molecular flexibility index (Phi) is 10.1. The predicted molar refractivity (Wildman–Crippen MR) is 46.9 cm³/mol. The molecule has 2 N–H and O–H groups in total. The first-order valence-electron chi connectivity index (χ1n) is 2.72. The molecule has 0 saturated heterocycles. The molecule has 0 spiro atoms. The van der Waals surface area contributed by atoms with Crippen molar-refractivity contribution in [3.05, 3.63) is 0 Å². The van der Waals surface area contributed by atoms with E-state index in [0.29, 0.717) is 23.8 Å². The smallest absolute Gasteiger partial charge is 0.106 e. The lowest BCUT2D eigenvalue weighted by Gasteiger charge is -1.90. The average molecular weight is 197 g/mol. The molecule has 1 atom stereocenters. The van der Waals surface area contributed by atoms with Gasteiger partial charge in [0.25, 0.3) is 0 Å². The molecule has 0 aliphatic rings. The molecule has 0 saturated carbocycles. The highest BCUT2D eigenvalue weighted by Gasteiger charge is 1.77. The fraction of sp³-hybridized carbons (Fsp3) is 1.00. The maximum atomic E-state index is 6.69. The van der Waals surface area contributed by atoms with Crippen molar-refractivity contribution in [3.8, 4) is 0 Å². The molecule has 58 valence electrons. The highest BCUT2D eigenvalue weighted by atomic mass is 31.2. The second kappa shape index (κ2) is 9.55. The lowest BCUT2D eigenvalue weighted by Crippen LogP contribution is -1.82. The average Bonchev–Trinajstić information content (AvgIpc) is 1.97. The Hall–Kier alpha value is 0.550. The monoisotopic (exact) mass is 197 g/mol. The molecule has 10 heavy (non-hydrogen) atoms. The highest BCUT2D eigenvalue weighted by molar-refractivity contribution is 7.50. The van der Waals surface area contributed by atoms with Crippen molar-refractivity contribution in [2.75, 3.05) is 13.0 Å². The van der Waals surface area contributed by atoms with Gasteiger partial charge < -0.3 is 4.74 Å². The summed E-state index contributed by atoms with van der Waals surface area (Å²) in [5.41, 5.74) is 0. The summed E-state index contributed by atoms with van der Waals surface area (Å²) < 4.78 is 9.07. The second-order valence-corrected chi connectivity index (χ2v) is 3.88. The normalized spacial score (nSPS) is 12.5. The van der Waals surface area contributed by atoms with Crippen molar-refractivity contribution in [2.45, 2.75) is 6.92 Å². The Balaban J connectivity index is 2.96. The Morgan fingerprint density at radius 2 is 2.60 bits per heavy atom. The standard InChI is InChI=1S/C3H10N3OP3/c1-2-7-3-8-5-10-6-9-4/h10H,2-3H2,1H3,(H2,4,6). The van der Waals surface area contributed by atoms with Crippen LogP contribution in [-0.2, 0) is 4.74 Å². The molecule has 1 unspecified atom stereocenters. The fourth-order valence-electron chi connectivity index (χ4n) is 0.244. The summed E-state index contributed by atoms with van der Waals surface area (Å²) in [4.78, 5) is 2.76. The van der Waals surface area contributed by atoms with Gasteiger partial charge in [0.05, 0.1) is 17.4 Å². The molecule has 0 bridgehead atoms. The summed E-state index contributed by atoms with van der Waals surface area (Å²) in [5, 5.41) is 6.69. The summed E-state index contributed by atoms with van der Waals surface area (Å²) >= 11 is 0. The minimum atomic E-state index is 0.326. The van der Waals surface area contributed by atoms with E-state index >= 15 is 0 Å². The van der Waals surface area contributed by atoms with E-state index in [0.717, 1.165) is 15.0 Å². The van der Waals surface area contributed by atoms with Gasteiger partial charge >= 0.3 is 0 Å². The van der Waals surface area contributed by atoms with Gasteiger partial charge in [-0.2, -0.15) is 0 Å². The third-order valence-corrected chi connectivity index (χ3v) is 2.69. The molecule has 0 aliphatic heterocycles. The molecule has 0 rings (SSSR count). The van der Waals surface area contributed by atoms with Crippen molar-refractivity contribution in [2.24, 2.45) is 4.52 Å². The zero-order chi connectivity index (χ0) is 7.66. The van der Waals surface area contributed by atoms with Crippen LogP contribution < -0.4 is 4.86 Å². The minimum absolute atomic E-state index is 0.326. The van der Waals surface area contributed by atoms with Gasteiger partial charge in [-0.25, -0.2) is 9.37 Å². The number of rotatable bonds is 6. The molecule has 0 radical (unpaired) electrons. The van der Waals surface area contributed by atoms with Gasteiger partial charge in [-0.3, -0.25) is 5.16 Å². The number of nitrogens with one attached hydrogen (secondary N) is 2. The van der Waals surface area contributed by atoms with Crippen LogP contribution in [0.15, 0.2) is 4.52 Å². The Labute approximate surface area is 65.6 Å². The molecule has 0 amide bonds. The molecule has 7 heteroatoms. The van der Waals surface area contributed by atoms with Gasteiger partial charge in [0.15, 0.2) is 0 Å². The number of hydrogen-bond acceptors (Lipinski definition) is 3. The molecular formula is C3H10N3OP3. The Morgan fingerprint density at radius 1 is 1.80 bits per heavy atom. The fourth-order valence-corrected chi connectivity index (χ4v) is 1.80. The van der Waals surface area contributed by atoms with Gasteiger partial charge in [-0.15, -0.1) is 0 Å². The van der Waals surface area contributed by atoms with Crippen molar-refractivity contribution in [1.29, 1.82) is 5.16 Å². The van der Waals surface area contributed by atoms with Crippen molar-refractivity contribution >= 4 is 25.8 Å². The molecule has 0 aromatic rings. The summed E-state index contributed by atoms with van der Waals surface area (Å²) in [7, 11) is 1.72. The third-order valence-electron chi connectivity index (χ3n) is 0.580. The van der Waals surface area contributed by atoms with E-state index in [-0.39, 0.29) is 0 Å². The van der Waals surface area contributed by atoms with E-state index in [9.17, 15) is 0 Å². The molecule has 0 heterocycles. The lowest BCUT2D eigenvalue weighted by molar-refractivity contribution is 0.198. The molecule has 0 aromatic heterocycles. The predicted octanol–water partition coefficient (Wildman–Crippen LogP) is 2.83. The molecular weight excluding hydrogens is 187 g/mol. The van der Waals surface area contributed by atoms with Crippen LogP contribution in [0.4, 0.5) is 0 Å². The van der Waals surface area contributed by atoms with Gasteiger partial charge in [-0.05, 0) is 6.92 Å². The van der Waals surface area contributed by atoms with Crippen LogP contribution in [0.1, 0.15) is 6.92 Å². The summed E-state index contributed by atoms with van der Waals surface area (Å²) in [5.74, 6) is 0. The van der Waals surface area contributed by atoms with E-state index < -0.39 is 0 Å². The van der Waals surface area contributed by atoms with E-state index in [1.807, 2.05) is 6.92 Å². The van der Waals surface area contributed by atoms with Crippen LogP contribution in [0.25, 0.3) is 0 Å². The summed E-state index contributed by atoms with van der Waals surface area (Å²) in [6, 6.07) is 0. The zero-order valence-electron chi connectivity index (χ0n) is 5.66. The molecule has 0 aliphatic carbocycles. The summed E-state index contributed by atoms with van der Waals surface area (Å²) in [6.07, 6.45) is 0.667. The first kappa shape index (κ1) is 10.6. The Morgan fingerprint density at radius 3 is 3.20 bits per heavy atom. The van der Waals surface area contributed by atoms with Crippen molar-refractivity contribution in [1.82, 2.24) is 4.86 Å². The van der Waals surface area contributed by atoms with Crippen LogP contribution in [0.2, 0.25) is 0 Å². The van der Waals surface area contributed by atoms with Gasteiger partial charge in [0.1, 0.15) is 6.35 Å². The van der Waals surface area contributed by atoms with E-state index in [4.69, 9.17) is 9.90 Å². The zero-order valence-corrected chi connectivity index (χ0v) is 8.45. The maximum Gasteiger partial charge on any atom is 0.106 e. The second-order valence-electron chi connectivity index (χ2n) is 1.20. The maximum absolute atomic E-state index is 6.69. The van der Waals surface area contributed by atoms with Crippen LogP contribution in [0.5, 0.6) is 0 Å².